The summed E-state index contributed by atoms with van der Waals surface area (Å²) in [7, 11) is -3.12. The summed E-state index contributed by atoms with van der Waals surface area (Å²) in [4.78, 5) is 34.1. The number of aliphatic hydroxyl groups excluding tert-OH is 2. The molecule has 1 saturated heterocycles. The van der Waals surface area contributed by atoms with E-state index < -0.39 is 37.5 Å². The fourth-order valence-electron chi connectivity index (χ4n) is 2.36. The molecule has 0 aromatic carbocycles. The van der Waals surface area contributed by atoms with Crippen LogP contribution in [0, 0.1) is 0 Å². The van der Waals surface area contributed by atoms with Crippen LogP contribution < -0.4 is 11.3 Å². The zero-order chi connectivity index (χ0) is 18.4. The van der Waals surface area contributed by atoms with Gasteiger partial charge in [0.05, 0.1) is 6.61 Å². The molecule has 0 amide bonds. The van der Waals surface area contributed by atoms with E-state index >= 15 is 0 Å². The Morgan fingerprint density at radius 2 is 2.16 bits per heavy atom. The van der Waals surface area contributed by atoms with E-state index in [1.54, 1.807) is 0 Å². The van der Waals surface area contributed by atoms with Crippen molar-refractivity contribution < 1.29 is 33.7 Å². The number of nitrogens with zero attached hydrogens (tertiary/aromatic N) is 2. The molecule has 0 saturated carbocycles. The molecule has 1 aliphatic rings. The minimum Gasteiger partial charge on any atom is -0.388 e. The van der Waals surface area contributed by atoms with Crippen molar-refractivity contribution in [2.45, 2.75) is 18.0 Å². The number of anilines is 1. The summed E-state index contributed by atoms with van der Waals surface area (Å²) in [5.74, 6) is -2.54. The first-order chi connectivity index (χ1) is 11.7. The van der Waals surface area contributed by atoms with Gasteiger partial charge in [-0.3, -0.25) is 14.3 Å². The maximum absolute atomic E-state index is 11.9. The Labute approximate surface area is 139 Å². The van der Waals surface area contributed by atoms with Gasteiger partial charge in [0.1, 0.15) is 12.2 Å². The third-order valence-corrected chi connectivity index (χ3v) is 4.69. The van der Waals surface area contributed by atoms with Gasteiger partial charge in [0.25, 0.3) is 11.3 Å². The monoisotopic (exact) mass is 377 g/mol. The molecule has 0 aliphatic carbocycles. The van der Waals surface area contributed by atoms with Crippen LogP contribution in [0.15, 0.2) is 4.79 Å². The predicted molar refractivity (Wildman–Crippen MR) is 81.4 cm³/mol. The van der Waals surface area contributed by atoms with Crippen molar-refractivity contribution in [3.8, 4) is 0 Å². The van der Waals surface area contributed by atoms with Crippen molar-refractivity contribution in [2.24, 2.45) is 0 Å². The number of imidazole rings is 1. The van der Waals surface area contributed by atoms with Gasteiger partial charge in [-0.05, 0) is 0 Å². The van der Waals surface area contributed by atoms with Crippen LogP contribution in [0.2, 0.25) is 0 Å². The van der Waals surface area contributed by atoms with Crippen LogP contribution in [-0.2, 0) is 24.3 Å². The highest BCUT2D eigenvalue weighted by Gasteiger charge is 2.55. The van der Waals surface area contributed by atoms with Crippen LogP contribution in [0.4, 0.5) is 5.95 Å². The molecule has 1 unspecified atom stereocenters. The highest BCUT2D eigenvalue weighted by atomic mass is 31.2. The molecule has 3 rings (SSSR count). The topological polar surface area (TPSA) is 206 Å². The molecule has 7 N–H and O–H groups in total. The summed E-state index contributed by atoms with van der Waals surface area (Å²) in [5.41, 5.74) is 4.65. The standard InChI is InChI=1S/C11H16N5O8P/c1-22-25(20,21)3-24-11(6(18)4(17)2-23-11)9-13-5-7(14-9)15-10(12)16-8(5)19/h4,6,17-18H,2-3H2,1H3,(H,20,21)(H4,12,13,14,15,16,19)/t4-,6-,11+/m1/s1. The second-order valence-corrected chi connectivity index (χ2v) is 7.22. The van der Waals surface area contributed by atoms with E-state index in [1.165, 1.54) is 0 Å². The van der Waals surface area contributed by atoms with Crippen molar-refractivity contribution in [1.29, 1.82) is 0 Å². The quantitative estimate of drug-likeness (QED) is 0.312. The number of nitrogens with two attached hydrogens (primary N) is 1. The number of nitrogen functional groups attached to an aromatic ring is 1. The van der Waals surface area contributed by atoms with Crippen molar-refractivity contribution >= 4 is 24.7 Å². The molecule has 2 aromatic heterocycles. The SMILES string of the molecule is COP(=O)(O)CO[C@@]1(c2nc3nc(N)[nH]c(=O)c3[nH]2)OC[C@@H](O)[C@H]1O. The lowest BCUT2D eigenvalue weighted by molar-refractivity contribution is -0.254. The number of nitrogens with one attached hydrogen (secondary N) is 2. The zero-order valence-corrected chi connectivity index (χ0v) is 13.8. The number of hydrogen-bond acceptors (Lipinski definition) is 10. The molecule has 3 heterocycles. The summed E-state index contributed by atoms with van der Waals surface area (Å²) in [6.45, 7) is -0.340. The van der Waals surface area contributed by atoms with E-state index in [4.69, 9.17) is 15.2 Å². The fraction of sp³-hybridized carbons (Fsp3) is 0.545. The van der Waals surface area contributed by atoms with Gasteiger partial charge in [-0.15, -0.1) is 0 Å². The average Bonchev–Trinajstić information content (AvgIpc) is 3.10. The Bertz CT molecular complexity index is 898. The fourth-order valence-corrected chi connectivity index (χ4v) is 2.82. The van der Waals surface area contributed by atoms with Crippen molar-refractivity contribution in [2.75, 3.05) is 25.8 Å². The largest absolute Gasteiger partial charge is 0.388 e. The van der Waals surface area contributed by atoms with Gasteiger partial charge in [0.15, 0.2) is 23.3 Å². The first kappa shape index (κ1) is 17.9. The molecule has 4 atom stereocenters. The third-order valence-electron chi connectivity index (χ3n) is 3.66. The van der Waals surface area contributed by atoms with E-state index in [9.17, 15) is 24.5 Å². The molecule has 25 heavy (non-hydrogen) atoms. The Morgan fingerprint density at radius 3 is 2.76 bits per heavy atom. The smallest absolute Gasteiger partial charge is 0.353 e. The zero-order valence-electron chi connectivity index (χ0n) is 12.9. The highest BCUT2D eigenvalue weighted by molar-refractivity contribution is 7.52. The van der Waals surface area contributed by atoms with E-state index in [2.05, 4.69) is 24.5 Å². The number of rotatable bonds is 5. The summed E-state index contributed by atoms with van der Waals surface area (Å²) in [6.07, 6.45) is -3.89. The Morgan fingerprint density at radius 1 is 1.44 bits per heavy atom. The molecule has 1 aliphatic heterocycles. The van der Waals surface area contributed by atoms with Gasteiger partial charge in [-0.25, -0.2) is 4.98 Å². The average molecular weight is 377 g/mol. The molecule has 2 aromatic rings. The number of aromatic nitrogens is 4. The van der Waals surface area contributed by atoms with Crippen LogP contribution >= 0.6 is 7.60 Å². The normalized spacial score (nSPS) is 29.1. The summed E-state index contributed by atoms with van der Waals surface area (Å²) in [6, 6.07) is 0. The summed E-state index contributed by atoms with van der Waals surface area (Å²) in [5, 5.41) is 20.1. The molecular weight excluding hydrogens is 361 g/mol. The lowest BCUT2D eigenvalue weighted by Crippen LogP contribution is -2.44. The number of aliphatic hydroxyl groups is 2. The summed E-state index contributed by atoms with van der Waals surface area (Å²) < 4.78 is 26.7. The van der Waals surface area contributed by atoms with Gasteiger partial charge in [-0.2, -0.15) is 4.98 Å². The lowest BCUT2D eigenvalue weighted by atomic mass is 10.1. The first-order valence-corrected chi connectivity index (χ1v) is 8.72. The molecule has 0 radical (unpaired) electrons. The maximum atomic E-state index is 11.9. The van der Waals surface area contributed by atoms with E-state index in [0.29, 0.717) is 0 Å². The molecule has 0 bridgehead atoms. The molecule has 13 nitrogen and oxygen atoms in total. The first-order valence-electron chi connectivity index (χ1n) is 6.96. The Balaban J connectivity index is 2.08. The second kappa shape index (κ2) is 6.14. The van der Waals surface area contributed by atoms with Crippen LogP contribution in [0.25, 0.3) is 11.2 Å². The second-order valence-electron chi connectivity index (χ2n) is 5.32. The predicted octanol–water partition coefficient (Wildman–Crippen LogP) is -2.06. The summed E-state index contributed by atoms with van der Waals surface area (Å²) >= 11 is 0. The van der Waals surface area contributed by atoms with Crippen molar-refractivity contribution in [1.82, 2.24) is 19.9 Å². The molecule has 1 fully saturated rings. The van der Waals surface area contributed by atoms with Crippen LogP contribution in [0.3, 0.4) is 0 Å². The lowest BCUT2D eigenvalue weighted by Gasteiger charge is -2.30. The maximum Gasteiger partial charge on any atom is 0.353 e. The molecule has 138 valence electrons. The van der Waals surface area contributed by atoms with Gasteiger partial charge in [0, 0.05) is 7.11 Å². The van der Waals surface area contributed by atoms with Gasteiger partial charge in [0.2, 0.25) is 5.95 Å². The third kappa shape index (κ3) is 3.06. The number of aromatic amines is 2. The van der Waals surface area contributed by atoms with E-state index in [-0.39, 0.29) is 29.5 Å². The van der Waals surface area contributed by atoms with Crippen LogP contribution in [-0.4, -0.2) is 67.3 Å². The van der Waals surface area contributed by atoms with E-state index in [1.807, 2.05) is 0 Å². The molecule has 0 spiro atoms. The Hall–Kier alpha value is -1.86. The Kier molecular flexibility index (Phi) is 4.41. The molecular formula is C11H16N5O8P. The number of H-pyrrole nitrogens is 2. The van der Waals surface area contributed by atoms with Gasteiger partial charge >= 0.3 is 7.60 Å². The van der Waals surface area contributed by atoms with E-state index in [0.717, 1.165) is 7.11 Å². The van der Waals surface area contributed by atoms with Crippen molar-refractivity contribution in [3.63, 3.8) is 0 Å². The van der Waals surface area contributed by atoms with Crippen molar-refractivity contribution in [3.05, 3.63) is 16.2 Å². The van der Waals surface area contributed by atoms with Crippen LogP contribution in [0.1, 0.15) is 5.82 Å². The number of hydrogen-bond donors (Lipinski definition) is 6. The van der Waals surface area contributed by atoms with Gasteiger partial charge < -0.3 is 39.8 Å². The minimum absolute atomic E-state index is 0.0803. The van der Waals surface area contributed by atoms with Gasteiger partial charge in [-0.1, -0.05) is 0 Å². The van der Waals surface area contributed by atoms with Crippen LogP contribution in [0.5, 0.6) is 0 Å². The highest BCUT2D eigenvalue weighted by Crippen LogP contribution is 2.45. The number of ether oxygens (including phenoxy) is 2. The minimum atomic E-state index is -4.13. The molecule has 14 heteroatoms. The number of fused-ring (bicyclic) bond motifs is 1.